The highest BCUT2D eigenvalue weighted by molar-refractivity contribution is 6.45. The molecule has 0 atom stereocenters. The lowest BCUT2D eigenvalue weighted by molar-refractivity contribution is 0.488. The summed E-state index contributed by atoms with van der Waals surface area (Å²) in [5, 5.41) is 7.32. The van der Waals surface area contributed by atoms with E-state index in [2.05, 4.69) is 4.98 Å². The second kappa shape index (κ2) is 6.24. The Balaban J connectivity index is 1.75. The molecule has 9 rings (SSSR count). The van der Waals surface area contributed by atoms with Gasteiger partial charge in [0.2, 0.25) is 0 Å². The quantitative estimate of drug-likeness (QED) is 0.240. The summed E-state index contributed by atoms with van der Waals surface area (Å²) in [6.07, 6.45) is 1.65. The molecule has 0 aliphatic heterocycles. The van der Waals surface area contributed by atoms with Crippen LogP contribution < -0.4 is 22.5 Å². The minimum atomic E-state index is -0.729. The van der Waals surface area contributed by atoms with Crippen molar-refractivity contribution in [1.29, 1.82) is 0 Å². The van der Waals surface area contributed by atoms with E-state index in [1.54, 1.807) is 36.5 Å². The molecule has 0 amide bonds. The SMILES string of the molecule is O=c1oc(=O)c2cc3nc(-c4ccccn4)c4cc5c(=O)oc(=O)c6ccc7c8ccc1c2c8c3c4c7c65. The van der Waals surface area contributed by atoms with E-state index in [9.17, 15) is 19.2 Å². The molecule has 0 bridgehead atoms. The monoisotopic (exact) mass is 494 g/mol. The maximum absolute atomic E-state index is 13.0. The van der Waals surface area contributed by atoms with Gasteiger partial charge in [0, 0.05) is 38.5 Å². The van der Waals surface area contributed by atoms with Crippen LogP contribution in [0.2, 0.25) is 0 Å². The summed E-state index contributed by atoms with van der Waals surface area (Å²) < 4.78 is 10.1. The van der Waals surface area contributed by atoms with Crippen molar-refractivity contribution in [3.8, 4) is 11.4 Å². The number of aromatic nitrogens is 2. The van der Waals surface area contributed by atoms with Crippen molar-refractivity contribution < 1.29 is 8.83 Å². The lowest BCUT2D eigenvalue weighted by atomic mass is 9.83. The summed E-state index contributed by atoms with van der Waals surface area (Å²) in [5.74, 6) is 0. The molecule has 0 saturated carbocycles. The Bertz CT molecular complexity index is 2690. The van der Waals surface area contributed by atoms with E-state index in [1.807, 2.05) is 24.3 Å². The van der Waals surface area contributed by atoms with Gasteiger partial charge in [0.15, 0.2) is 0 Å². The highest BCUT2D eigenvalue weighted by Gasteiger charge is 2.27. The van der Waals surface area contributed by atoms with E-state index in [0.717, 1.165) is 26.9 Å². The molecule has 9 aromatic rings. The van der Waals surface area contributed by atoms with Crippen molar-refractivity contribution in [2.45, 2.75) is 0 Å². The molecule has 38 heavy (non-hydrogen) atoms. The molecule has 0 aliphatic rings. The number of hydrogen-bond donors (Lipinski definition) is 0. The van der Waals surface area contributed by atoms with Crippen LogP contribution in [-0.2, 0) is 0 Å². The van der Waals surface area contributed by atoms with E-state index in [4.69, 9.17) is 13.8 Å². The fourth-order valence-electron chi connectivity index (χ4n) is 6.28. The highest BCUT2D eigenvalue weighted by atomic mass is 16.4. The number of benzene rings is 5. The van der Waals surface area contributed by atoms with Crippen LogP contribution in [0.3, 0.4) is 0 Å². The zero-order valence-electron chi connectivity index (χ0n) is 19.1. The Morgan fingerprint density at radius 2 is 1.05 bits per heavy atom. The van der Waals surface area contributed by atoms with E-state index in [1.165, 1.54) is 0 Å². The minimum Gasteiger partial charge on any atom is -0.386 e. The van der Waals surface area contributed by atoms with Crippen LogP contribution in [-0.4, -0.2) is 9.97 Å². The molecular weight excluding hydrogens is 484 g/mol. The van der Waals surface area contributed by atoms with Gasteiger partial charge in [-0.05, 0) is 52.6 Å². The Labute approximate surface area is 208 Å². The van der Waals surface area contributed by atoms with Gasteiger partial charge >= 0.3 is 22.5 Å². The van der Waals surface area contributed by atoms with Crippen LogP contribution in [0, 0.1) is 0 Å². The Hall–Kier alpha value is -5.50. The minimum absolute atomic E-state index is 0.260. The third-order valence-electron chi connectivity index (χ3n) is 7.73. The lowest BCUT2D eigenvalue weighted by Gasteiger charge is -2.20. The zero-order valence-corrected chi connectivity index (χ0v) is 19.1. The zero-order chi connectivity index (χ0) is 25.4. The normalized spacial score (nSPS) is 12.6. The van der Waals surface area contributed by atoms with Gasteiger partial charge < -0.3 is 8.83 Å². The van der Waals surface area contributed by atoms with Gasteiger partial charge in [-0.3, -0.25) is 4.98 Å². The highest BCUT2D eigenvalue weighted by Crippen LogP contribution is 2.48. The molecule has 5 aromatic carbocycles. The topological polar surface area (TPSA) is 120 Å². The van der Waals surface area contributed by atoms with Crippen LogP contribution in [0.4, 0.5) is 0 Å². The molecule has 0 spiro atoms. The van der Waals surface area contributed by atoms with Gasteiger partial charge in [-0.15, -0.1) is 0 Å². The smallest absolute Gasteiger partial charge is 0.346 e. The van der Waals surface area contributed by atoms with Crippen LogP contribution in [0.5, 0.6) is 0 Å². The number of pyridine rings is 2. The maximum Gasteiger partial charge on any atom is 0.346 e. The Morgan fingerprint density at radius 1 is 0.500 bits per heavy atom. The molecule has 4 aromatic heterocycles. The molecule has 0 N–H and O–H groups in total. The molecule has 0 saturated heterocycles. The summed E-state index contributed by atoms with van der Waals surface area (Å²) >= 11 is 0. The van der Waals surface area contributed by atoms with Gasteiger partial charge in [0.1, 0.15) is 0 Å². The van der Waals surface area contributed by atoms with Gasteiger partial charge in [-0.25, -0.2) is 24.2 Å². The maximum atomic E-state index is 13.0. The molecule has 0 unspecified atom stereocenters. The van der Waals surface area contributed by atoms with Crippen molar-refractivity contribution in [1.82, 2.24) is 9.97 Å². The first-order valence-electron chi connectivity index (χ1n) is 11.8. The Kier molecular flexibility index (Phi) is 3.23. The van der Waals surface area contributed by atoms with Crippen LogP contribution >= 0.6 is 0 Å². The molecule has 8 nitrogen and oxygen atoms in total. The summed E-state index contributed by atoms with van der Waals surface area (Å²) in [7, 11) is 0. The molecular formula is C30H10N2O6. The second-order valence-corrected chi connectivity index (χ2v) is 9.52. The average Bonchev–Trinajstić information content (AvgIpc) is 2.93. The molecule has 176 valence electrons. The summed E-state index contributed by atoms with van der Waals surface area (Å²) in [4.78, 5) is 60.8. The van der Waals surface area contributed by atoms with Gasteiger partial charge in [0.25, 0.3) is 0 Å². The third kappa shape index (κ3) is 2.10. The number of hydrogen-bond acceptors (Lipinski definition) is 8. The fraction of sp³-hybridized carbons (Fsp3) is 0. The van der Waals surface area contributed by atoms with Gasteiger partial charge in [-0.1, -0.05) is 18.2 Å². The number of rotatable bonds is 1. The van der Waals surface area contributed by atoms with Gasteiger partial charge in [-0.2, -0.15) is 0 Å². The van der Waals surface area contributed by atoms with Crippen molar-refractivity contribution in [3.63, 3.8) is 0 Å². The summed E-state index contributed by atoms with van der Waals surface area (Å²) in [5.41, 5.74) is -1.25. The standard InChI is InChI=1S/C30H10N2O6/c33-27-13-6-4-11-12-5-7-14-21-17(30(36)38-28(14)34)10-19-25(23(12)21)24-15(26(32-19)18-3-1-2-8-31-18)9-16(29(35)37-27)20(13)22(11)24/h1-10H. The first kappa shape index (κ1) is 19.7. The van der Waals surface area contributed by atoms with E-state index in [0.29, 0.717) is 49.2 Å². The molecule has 0 aliphatic carbocycles. The van der Waals surface area contributed by atoms with E-state index < -0.39 is 22.5 Å². The van der Waals surface area contributed by atoms with Crippen LogP contribution in [0.25, 0.3) is 86.9 Å². The first-order chi connectivity index (χ1) is 18.5. The average molecular weight is 494 g/mol. The van der Waals surface area contributed by atoms with Crippen LogP contribution in [0.15, 0.2) is 88.8 Å². The molecule has 0 fully saturated rings. The molecule has 4 heterocycles. The van der Waals surface area contributed by atoms with Crippen molar-refractivity contribution in [2.24, 2.45) is 0 Å². The van der Waals surface area contributed by atoms with Crippen molar-refractivity contribution in [2.75, 3.05) is 0 Å². The van der Waals surface area contributed by atoms with E-state index in [-0.39, 0.29) is 10.8 Å². The van der Waals surface area contributed by atoms with Crippen LogP contribution in [0.1, 0.15) is 0 Å². The summed E-state index contributed by atoms with van der Waals surface area (Å²) in [6, 6.07) is 15.7. The number of fused-ring (bicyclic) bond motifs is 1. The van der Waals surface area contributed by atoms with Crippen molar-refractivity contribution >= 4 is 75.5 Å². The molecule has 8 heteroatoms. The predicted octanol–water partition coefficient (Wildman–Crippen LogP) is 4.59. The number of nitrogens with zero attached hydrogens (tertiary/aromatic N) is 2. The Morgan fingerprint density at radius 3 is 1.68 bits per heavy atom. The summed E-state index contributed by atoms with van der Waals surface area (Å²) in [6.45, 7) is 0. The molecule has 0 radical (unpaired) electrons. The fourth-order valence-corrected chi connectivity index (χ4v) is 6.28. The first-order valence-corrected chi connectivity index (χ1v) is 11.8. The van der Waals surface area contributed by atoms with E-state index >= 15 is 0 Å². The second-order valence-electron chi connectivity index (χ2n) is 9.52. The predicted molar refractivity (Wildman–Crippen MR) is 144 cm³/mol. The largest absolute Gasteiger partial charge is 0.386 e. The third-order valence-corrected chi connectivity index (χ3v) is 7.73. The van der Waals surface area contributed by atoms with Crippen molar-refractivity contribution in [3.05, 3.63) is 102 Å². The lowest BCUT2D eigenvalue weighted by Crippen LogP contribution is -2.14. The van der Waals surface area contributed by atoms with Gasteiger partial charge in [0.05, 0.1) is 38.4 Å².